The van der Waals surface area contributed by atoms with Crippen molar-refractivity contribution in [3.05, 3.63) is 65.7 Å². The average molecular weight is 571 g/mol. The largest absolute Gasteiger partial charge is 0.444 e. The number of rotatable bonds is 9. The molecule has 3 unspecified atom stereocenters. The molecular weight excluding hydrogens is 524 g/mol. The van der Waals surface area contributed by atoms with E-state index >= 15 is 0 Å². The molecule has 2 aromatic carbocycles. The van der Waals surface area contributed by atoms with Crippen LogP contribution in [-0.4, -0.2) is 80.0 Å². The zero-order valence-electron chi connectivity index (χ0n) is 24.7. The van der Waals surface area contributed by atoms with Crippen LogP contribution in [0.5, 0.6) is 0 Å². The molecule has 2 heterocycles. The summed E-state index contributed by atoms with van der Waals surface area (Å²) < 4.78 is 34.1. The van der Waals surface area contributed by atoms with Gasteiger partial charge in [0.2, 0.25) is 10.0 Å². The van der Waals surface area contributed by atoms with Crippen molar-refractivity contribution >= 4 is 16.1 Å². The molecule has 8 nitrogen and oxygen atoms in total. The molecule has 2 N–H and O–H groups in total. The number of sulfonamides is 1. The number of likely N-dealkylation sites (N-methyl/N-ethyl adjacent to an activating group) is 1. The van der Waals surface area contributed by atoms with Crippen LogP contribution in [-0.2, 0) is 26.7 Å². The van der Waals surface area contributed by atoms with E-state index in [2.05, 4.69) is 24.0 Å². The number of amides is 1. The Kier molecular flexibility index (Phi) is 9.29. The van der Waals surface area contributed by atoms with Gasteiger partial charge in [0.25, 0.3) is 0 Å². The number of hydrogen-bond donors (Lipinski definition) is 1. The second-order valence-electron chi connectivity index (χ2n) is 12.7. The Balaban J connectivity index is 1.43. The first-order chi connectivity index (χ1) is 18.8. The van der Waals surface area contributed by atoms with Gasteiger partial charge in [-0.2, -0.15) is 0 Å². The molecule has 2 aromatic rings. The van der Waals surface area contributed by atoms with Crippen molar-refractivity contribution in [3.63, 3.8) is 0 Å². The smallest absolute Gasteiger partial charge is 0.410 e. The molecule has 4 rings (SSSR count). The Bertz CT molecular complexity index is 1250. The first-order valence-electron chi connectivity index (χ1n) is 14.4. The highest BCUT2D eigenvalue weighted by Gasteiger charge is 2.42. The molecule has 0 saturated carbocycles. The minimum atomic E-state index is -3.66. The van der Waals surface area contributed by atoms with Crippen molar-refractivity contribution in [3.8, 4) is 0 Å². The molecule has 2 aliphatic rings. The van der Waals surface area contributed by atoms with E-state index in [-0.39, 0.29) is 22.4 Å². The predicted octanol–water partition coefficient (Wildman–Crippen LogP) is 4.45. The Morgan fingerprint density at radius 2 is 1.70 bits per heavy atom. The van der Waals surface area contributed by atoms with E-state index < -0.39 is 15.6 Å². The molecule has 0 spiro atoms. The summed E-state index contributed by atoms with van der Waals surface area (Å²) in [5.41, 5.74) is 6.85. The maximum atomic E-state index is 13.5. The summed E-state index contributed by atoms with van der Waals surface area (Å²) in [6.07, 6.45) is 2.53. The third-order valence-corrected chi connectivity index (χ3v) is 10.3. The zero-order chi connectivity index (χ0) is 29.1. The summed E-state index contributed by atoms with van der Waals surface area (Å²) in [5, 5.41) is 0. The average Bonchev–Trinajstić information content (AvgIpc) is 3.35. The molecule has 9 heteroatoms. The topological polar surface area (TPSA) is 96.2 Å². The van der Waals surface area contributed by atoms with Gasteiger partial charge in [0.15, 0.2) is 0 Å². The molecule has 2 fully saturated rings. The van der Waals surface area contributed by atoms with Crippen molar-refractivity contribution in [1.82, 2.24) is 14.1 Å². The Morgan fingerprint density at radius 1 is 1.02 bits per heavy atom. The monoisotopic (exact) mass is 570 g/mol. The van der Waals surface area contributed by atoms with Gasteiger partial charge in [-0.15, -0.1) is 0 Å². The van der Waals surface area contributed by atoms with E-state index in [1.54, 1.807) is 31.3 Å². The third-order valence-electron chi connectivity index (χ3n) is 8.44. The maximum Gasteiger partial charge on any atom is 0.410 e. The number of hydrogen-bond acceptors (Lipinski definition) is 6. The lowest BCUT2D eigenvalue weighted by molar-refractivity contribution is 0.0140. The van der Waals surface area contributed by atoms with E-state index in [9.17, 15) is 13.2 Å². The molecule has 0 radical (unpaired) electrons. The second kappa shape index (κ2) is 12.2. The fourth-order valence-corrected chi connectivity index (χ4v) is 7.42. The van der Waals surface area contributed by atoms with Gasteiger partial charge in [-0.1, -0.05) is 49.4 Å². The molecule has 2 aliphatic heterocycles. The summed E-state index contributed by atoms with van der Waals surface area (Å²) in [7, 11) is -1.99. The van der Waals surface area contributed by atoms with Crippen molar-refractivity contribution in [2.45, 2.75) is 75.5 Å². The maximum absolute atomic E-state index is 13.5. The van der Waals surface area contributed by atoms with Gasteiger partial charge < -0.3 is 20.3 Å². The van der Waals surface area contributed by atoms with Gasteiger partial charge in [-0.3, -0.25) is 0 Å². The van der Waals surface area contributed by atoms with Crippen LogP contribution >= 0.6 is 0 Å². The van der Waals surface area contributed by atoms with Gasteiger partial charge >= 0.3 is 6.09 Å². The lowest BCUT2D eigenvalue weighted by Crippen LogP contribution is -2.49. The molecule has 2 saturated heterocycles. The summed E-state index contributed by atoms with van der Waals surface area (Å²) in [4.78, 5) is 17.5. The highest BCUT2D eigenvalue weighted by atomic mass is 32.2. The number of nitrogens with zero attached hydrogens (tertiary/aromatic N) is 3. The highest BCUT2D eigenvalue weighted by molar-refractivity contribution is 7.89. The van der Waals surface area contributed by atoms with Crippen LogP contribution in [0.3, 0.4) is 0 Å². The van der Waals surface area contributed by atoms with E-state index in [1.807, 2.05) is 43.9 Å². The van der Waals surface area contributed by atoms with Crippen LogP contribution in [0.2, 0.25) is 0 Å². The normalized spacial score (nSPS) is 21.7. The number of carbonyl (C=O) groups excluding carboxylic acids is 1. The Morgan fingerprint density at radius 3 is 2.33 bits per heavy atom. The number of fused-ring (bicyclic) bond motifs is 1. The number of likely N-dealkylation sites (tertiary alicyclic amines) is 2. The number of ether oxygens (including phenoxy) is 1. The van der Waals surface area contributed by atoms with Crippen molar-refractivity contribution in [2.24, 2.45) is 11.7 Å². The summed E-state index contributed by atoms with van der Waals surface area (Å²) in [6.45, 7) is 12.1. The molecule has 220 valence electrons. The van der Waals surface area contributed by atoms with Crippen LogP contribution in [0.4, 0.5) is 4.79 Å². The van der Waals surface area contributed by atoms with E-state index in [4.69, 9.17) is 10.5 Å². The van der Waals surface area contributed by atoms with Gasteiger partial charge in [-0.05, 0) is 75.8 Å². The first kappa shape index (κ1) is 30.5. The number of piperidine rings is 1. The third kappa shape index (κ3) is 7.05. The lowest BCUT2D eigenvalue weighted by atomic mass is 9.79. The van der Waals surface area contributed by atoms with Crippen LogP contribution in [0, 0.1) is 5.92 Å². The minimum absolute atomic E-state index is 0.202. The molecule has 0 aliphatic carbocycles. The standard InChI is InChI=1S/C31H46N4O4S/c1-30(2,3)39-29(36)35-19-15-25-22-34(18-16-28(25)35)20-17-31(4,26-9-7-6-8-10-26)23-33(5)40(37,38)27-13-11-24(21-32)12-14-27/h6-14,25,28H,15-23,32H2,1-5H3. The van der Waals surface area contributed by atoms with Gasteiger partial charge in [0.05, 0.1) is 4.90 Å². The number of carbonyl (C=O) groups is 1. The van der Waals surface area contributed by atoms with E-state index in [1.165, 1.54) is 4.31 Å². The number of benzene rings is 2. The molecular formula is C31H46N4O4S. The SMILES string of the molecule is CN(CC(C)(CCN1CCC2C(CCN2C(=O)OC(C)(C)C)C1)c1ccccc1)S(=O)(=O)c1ccc(CN)cc1. The molecule has 3 atom stereocenters. The summed E-state index contributed by atoms with van der Waals surface area (Å²) in [5.74, 6) is 0.434. The van der Waals surface area contributed by atoms with E-state index in [0.29, 0.717) is 19.0 Å². The minimum Gasteiger partial charge on any atom is -0.444 e. The van der Waals surface area contributed by atoms with Crippen LogP contribution in [0.1, 0.15) is 58.1 Å². The number of nitrogens with two attached hydrogens (primary N) is 1. The predicted molar refractivity (Wildman–Crippen MR) is 158 cm³/mol. The summed E-state index contributed by atoms with van der Waals surface area (Å²) in [6, 6.07) is 17.3. The molecule has 40 heavy (non-hydrogen) atoms. The van der Waals surface area contributed by atoms with Crippen LogP contribution in [0.15, 0.2) is 59.5 Å². The zero-order valence-corrected chi connectivity index (χ0v) is 25.5. The summed E-state index contributed by atoms with van der Waals surface area (Å²) >= 11 is 0. The van der Waals surface area contributed by atoms with Gasteiger partial charge in [-0.25, -0.2) is 17.5 Å². The molecule has 1 amide bonds. The Hall–Kier alpha value is -2.46. The molecule has 0 aromatic heterocycles. The molecule has 0 bridgehead atoms. The van der Waals surface area contributed by atoms with Crippen molar-refractivity contribution in [1.29, 1.82) is 0 Å². The quantitative estimate of drug-likeness (QED) is 0.479. The highest BCUT2D eigenvalue weighted by Crippen LogP contribution is 2.35. The fourth-order valence-electron chi connectivity index (χ4n) is 6.12. The first-order valence-corrected chi connectivity index (χ1v) is 15.8. The van der Waals surface area contributed by atoms with Crippen LogP contribution < -0.4 is 5.73 Å². The van der Waals surface area contributed by atoms with Crippen molar-refractivity contribution < 1.29 is 17.9 Å². The lowest BCUT2D eigenvalue weighted by Gasteiger charge is -2.40. The van der Waals surface area contributed by atoms with E-state index in [0.717, 1.165) is 56.6 Å². The van der Waals surface area contributed by atoms with Gasteiger partial charge in [0, 0.05) is 51.2 Å². The van der Waals surface area contributed by atoms with Crippen molar-refractivity contribution in [2.75, 3.05) is 39.8 Å². The second-order valence-corrected chi connectivity index (χ2v) is 14.7. The van der Waals surface area contributed by atoms with Crippen LogP contribution in [0.25, 0.3) is 0 Å². The Labute approximate surface area is 240 Å². The van der Waals surface area contributed by atoms with Gasteiger partial charge in [0.1, 0.15) is 5.60 Å². The fraction of sp³-hybridized carbons (Fsp3) is 0.581.